The van der Waals surface area contributed by atoms with Crippen molar-refractivity contribution in [3.8, 4) is 17.2 Å². The fourth-order valence-corrected chi connectivity index (χ4v) is 2.44. The average molecular weight is 399 g/mol. The van der Waals surface area contributed by atoms with Crippen LogP contribution in [0.3, 0.4) is 0 Å². The number of hydrogen-bond donors (Lipinski definition) is 2. The van der Waals surface area contributed by atoms with Crippen LogP contribution < -0.4 is 25.0 Å². The van der Waals surface area contributed by atoms with Crippen molar-refractivity contribution in [2.75, 3.05) is 20.8 Å². The van der Waals surface area contributed by atoms with E-state index in [4.69, 9.17) is 14.2 Å². The highest BCUT2D eigenvalue weighted by molar-refractivity contribution is 5.97. The number of carbonyl (C=O) groups excluding carboxylic acids is 2. The Morgan fingerprint density at radius 2 is 1.83 bits per heavy atom. The van der Waals surface area contributed by atoms with Crippen molar-refractivity contribution in [1.82, 2.24) is 10.7 Å². The predicted octanol–water partition coefficient (Wildman–Crippen LogP) is 2.37. The Bertz CT molecular complexity index is 865. The lowest BCUT2D eigenvalue weighted by Crippen LogP contribution is -2.43. The molecule has 0 aliphatic carbocycles. The summed E-state index contributed by atoms with van der Waals surface area (Å²) in [6, 6.07) is 11.2. The molecule has 2 rings (SSSR count). The Morgan fingerprint density at radius 1 is 1.10 bits per heavy atom. The fraction of sp³-hybridized carbons (Fsp3) is 0.286. The molecule has 0 spiro atoms. The number of nitrogens with one attached hydrogen (secondary N) is 2. The first kappa shape index (κ1) is 21.7. The van der Waals surface area contributed by atoms with E-state index in [-0.39, 0.29) is 5.91 Å². The Balaban J connectivity index is 1.96. The van der Waals surface area contributed by atoms with E-state index in [1.54, 1.807) is 63.6 Å². The van der Waals surface area contributed by atoms with Gasteiger partial charge in [0.05, 0.1) is 27.0 Å². The van der Waals surface area contributed by atoms with Crippen molar-refractivity contribution in [2.24, 2.45) is 5.10 Å². The third kappa shape index (κ3) is 5.97. The van der Waals surface area contributed by atoms with E-state index in [0.29, 0.717) is 35.0 Å². The smallest absolute Gasteiger partial charge is 0.262 e. The number of rotatable bonds is 9. The molecule has 0 fully saturated rings. The van der Waals surface area contributed by atoms with Crippen molar-refractivity contribution >= 4 is 18.0 Å². The molecule has 0 saturated carbocycles. The molecule has 0 aliphatic heterocycles. The van der Waals surface area contributed by atoms with Gasteiger partial charge < -0.3 is 19.5 Å². The number of para-hydroxylation sites is 1. The van der Waals surface area contributed by atoms with Gasteiger partial charge in [-0.1, -0.05) is 6.07 Å². The second-order valence-corrected chi connectivity index (χ2v) is 5.97. The van der Waals surface area contributed by atoms with Crippen LogP contribution in [0, 0.1) is 0 Å². The molecular formula is C21H25N3O5. The lowest BCUT2D eigenvalue weighted by atomic mass is 10.2. The van der Waals surface area contributed by atoms with Gasteiger partial charge in [-0.05, 0) is 50.2 Å². The van der Waals surface area contributed by atoms with Crippen LogP contribution in [0.5, 0.6) is 17.2 Å². The number of benzene rings is 2. The van der Waals surface area contributed by atoms with Crippen LogP contribution in [0.4, 0.5) is 0 Å². The summed E-state index contributed by atoms with van der Waals surface area (Å²) in [4.78, 5) is 24.5. The zero-order valence-electron chi connectivity index (χ0n) is 16.9. The van der Waals surface area contributed by atoms with Crippen LogP contribution in [0.2, 0.25) is 0 Å². The van der Waals surface area contributed by atoms with Gasteiger partial charge in [-0.25, -0.2) is 5.43 Å². The number of methoxy groups -OCH3 is 2. The minimum Gasteiger partial charge on any atom is -0.497 e. The van der Waals surface area contributed by atoms with Crippen LogP contribution in [-0.4, -0.2) is 44.9 Å². The summed E-state index contributed by atoms with van der Waals surface area (Å²) in [5.74, 6) is 0.930. The Kier molecular flexibility index (Phi) is 8.02. The molecule has 2 amide bonds. The van der Waals surface area contributed by atoms with Crippen molar-refractivity contribution in [2.45, 2.75) is 19.9 Å². The fourth-order valence-electron chi connectivity index (χ4n) is 2.44. The van der Waals surface area contributed by atoms with Gasteiger partial charge in [-0.15, -0.1) is 0 Å². The van der Waals surface area contributed by atoms with Crippen LogP contribution in [0.15, 0.2) is 47.6 Å². The van der Waals surface area contributed by atoms with Gasteiger partial charge in [0.15, 0.2) is 11.5 Å². The number of ether oxygens (including phenoxy) is 3. The summed E-state index contributed by atoms with van der Waals surface area (Å²) < 4.78 is 15.9. The predicted molar refractivity (Wildman–Crippen MR) is 110 cm³/mol. The summed E-state index contributed by atoms with van der Waals surface area (Å²) in [5, 5.41) is 6.58. The molecule has 0 bridgehead atoms. The molecule has 1 atom stereocenters. The zero-order valence-corrected chi connectivity index (χ0v) is 16.9. The van der Waals surface area contributed by atoms with Crippen molar-refractivity contribution < 1.29 is 23.8 Å². The maximum absolute atomic E-state index is 12.2. The molecule has 0 saturated heterocycles. The summed E-state index contributed by atoms with van der Waals surface area (Å²) in [6.45, 7) is 3.90. The van der Waals surface area contributed by atoms with Crippen LogP contribution >= 0.6 is 0 Å². The lowest BCUT2D eigenvalue weighted by molar-refractivity contribution is -0.122. The van der Waals surface area contributed by atoms with Crippen molar-refractivity contribution in [1.29, 1.82) is 0 Å². The largest absolute Gasteiger partial charge is 0.497 e. The maximum atomic E-state index is 12.2. The zero-order chi connectivity index (χ0) is 21.2. The van der Waals surface area contributed by atoms with Gasteiger partial charge in [0.2, 0.25) is 0 Å². The highest BCUT2D eigenvalue weighted by atomic mass is 16.5. The second kappa shape index (κ2) is 10.7. The molecule has 0 aliphatic rings. The van der Waals surface area contributed by atoms with E-state index in [1.165, 1.54) is 6.21 Å². The van der Waals surface area contributed by atoms with E-state index < -0.39 is 11.9 Å². The van der Waals surface area contributed by atoms with Crippen LogP contribution in [0.25, 0.3) is 0 Å². The monoisotopic (exact) mass is 399 g/mol. The van der Waals surface area contributed by atoms with Crippen molar-refractivity contribution in [3.05, 3.63) is 53.6 Å². The molecule has 154 valence electrons. The standard InChI is InChI=1S/C21H25N3O5/c1-5-29-19-16(7-6-8-18(19)28-4)13-22-24-20(25)14(2)23-21(26)15-9-11-17(27-3)12-10-15/h6-14H,5H2,1-4H3,(H,23,26)(H,24,25). The Hall–Kier alpha value is -3.55. The molecule has 0 heterocycles. The molecule has 0 radical (unpaired) electrons. The normalized spacial score (nSPS) is 11.6. The number of carbonyl (C=O) groups is 2. The quantitative estimate of drug-likeness (QED) is 0.498. The first-order valence-electron chi connectivity index (χ1n) is 9.07. The van der Waals surface area contributed by atoms with Gasteiger partial charge in [0.1, 0.15) is 11.8 Å². The third-order valence-electron chi connectivity index (χ3n) is 3.99. The number of amides is 2. The number of nitrogens with zero attached hydrogens (tertiary/aromatic N) is 1. The summed E-state index contributed by atoms with van der Waals surface area (Å²) in [7, 11) is 3.10. The maximum Gasteiger partial charge on any atom is 0.262 e. The minimum absolute atomic E-state index is 0.370. The third-order valence-corrected chi connectivity index (χ3v) is 3.99. The highest BCUT2D eigenvalue weighted by Crippen LogP contribution is 2.29. The molecule has 2 N–H and O–H groups in total. The molecule has 2 aromatic carbocycles. The van der Waals surface area contributed by atoms with Crippen molar-refractivity contribution in [3.63, 3.8) is 0 Å². The summed E-state index contributed by atoms with van der Waals surface area (Å²) in [5.41, 5.74) is 3.49. The molecule has 2 aromatic rings. The molecule has 1 unspecified atom stereocenters. The lowest BCUT2D eigenvalue weighted by Gasteiger charge is -2.13. The Morgan fingerprint density at radius 3 is 2.45 bits per heavy atom. The number of hydrazone groups is 1. The van der Waals surface area contributed by atoms with Crippen LogP contribution in [0.1, 0.15) is 29.8 Å². The van der Waals surface area contributed by atoms with Gasteiger partial charge in [-0.3, -0.25) is 9.59 Å². The SMILES string of the molecule is CCOc1c(C=NNC(=O)C(C)NC(=O)c2ccc(OC)cc2)cccc1OC. The molecular weight excluding hydrogens is 374 g/mol. The first-order valence-corrected chi connectivity index (χ1v) is 9.07. The van der Waals surface area contributed by atoms with Gasteiger partial charge >= 0.3 is 0 Å². The molecule has 29 heavy (non-hydrogen) atoms. The van der Waals surface area contributed by atoms with Gasteiger partial charge in [0.25, 0.3) is 11.8 Å². The molecule has 8 heteroatoms. The van der Waals surface area contributed by atoms with E-state index in [1.807, 2.05) is 6.92 Å². The topological polar surface area (TPSA) is 98.2 Å². The summed E-state index contributed by atoms with van der Waals surface area (Å²) >= 11 is 0. The van der Waals surface area contributed by atoms with Gasteiger partial charge in [-0.2, -0.15) is 5.10 Å². The van der Waals surface area contributed by atoms with E-state index >= 15 is 0 Å². The highest BCUT2D eigenvalue weighted by Gasteiger charge is 2.16. The average Bonchev–Trinajstić information content (AvgIpc) is 2.74. The second-order valence-electron chi connectivity index (χ2n) is 5.97. The molecule has 0 aromatic heterocycles. The summed E-state index contributed by atoms with van der Waals surface area (Å²) in [6.07, 6.45) is 1.46. The van der Waals surface area contributed by atoms with Crippen LogP contribution in [-0.2, 0) is 4.79 Å². The number of hydrogen-bond acceptors (Lipinski definition) is 6. The Labute approximate surface area is 169 Å². The van der Waals surface area contributed by atoms with Gasteiger partial charge in [0, 0.05) is 11.1 Å². The van der Waals surface area contributed by atoms with E-state index in [2.05, 4.69) is 15.8 Å². The minimum atomic E-state index is -0.779. The molecule has 8 nitrogen and oxygen atoms in total. The van der Waals surface area contributed by atoms with E-state index in [9.17, 15) is 9.59 Å². The van der Waals surface area contributed by atoms with E-state index in [0.717, 1.165) is 0 Å². The first-order chi connectivity index (χ1) is 14.0.